The van der Waals surface area contributed by atoms with E-state index >= 15 is 0 Å². The summed E-state index contributed by atoms with van der Waals surface area (Å²) in [5, 5.41) is 8.70. The molecule has 0 aliphatic carbocycles. The smallest absolute Gasteiger partial charge is 0.315 e. The number of hydrogen-bond acceptors (Lipinski definition) is 3. The molecular formula is C17H26N4O2. The summed E-state index contributed by atoms with van der Waals surface area (Å²) in [6.45, 7) is 4.61. The minimum atomic E-state index is -0.169. The van der Waals surface area contributed by atoms with Crippen LogP contribution in [0.5, 0.6) is 0 Å². The number of benzene rings is 1. The Morgan fingerprint density at radius 2 is 2.04 bits per heavy atom. The van der Waals surface area contributed by atoms with E-state index in [0.29, 0.717) is 13.0 Å². The van der Waals surface area contributed by atoms with E-state index in [1.165, 1.54) is 0 Å². The number of anilines is 1. The van der Waals surface area contributed by atoms with Crippen LogP contribution in [0.1, 0.15) is 37.4 Å². The monoisotopic (exact) mass is 318 g/mol. The Bertz CT molecular complexity index is 586. The number of likely N-dealkylation sites (N-methyl/N-ethyl adjacent to an activating group) is 1. The summed E-state index contributed by atoms with van der Waals surface area (Å²) in [4.78, 5) is 25.4. The predicted molar refractivity (Wildman–Crippen MR) is 91.5 cm³/mol. The summed E-state index contributed by atoms with van der Waals surface area (Å²) in [5.41, 5.74) is 3.04. The molecule has 0 unspecified atom stereocenters. The molecule has 1 aromatic rings. The van der Waals surface area contributed by atoms with Gasteiger partial charge in [0.1, 0.15) is 0 Å². The molecule has 6 heteroatoms. The van der Waals surface area contributed by atoms with Gasteiger partial charge in [0.2, 0.25) is 5.91 Å². The third kappa shape index (κ3) is 4.69. The Labute approximate surface area is 137 Å². The zero-order valence-electron chi connectivity index (χ0n) is 14.3. The molecule has 2 rings (SSSR count). The molecular weight excluding hydrogens is 292 g/mol. The molecule has 1 heterocycles. The average Bonchev–Trinajstić information content (AvgIpc) is 2.51. The predicted octanol–water partition coefficient (Wildman–Crippen LogP) is 1.88. The van der Waals surface area contributed by atoms with Crippen molar-refractivity contribution in [3.63, 3.8) is 0 Å². The first kappa shape index (κ1) is 17.3. The molecule has 0 fully saturated rings. The average molecular weight is 318 g/mol. The molecule has 126 valence electrons. The highest BCUT2D eigenvalue weighted by Gasteiger charge is 2.17. The van der Waals surface area contributed by atoms with Gasteiger partial charge in [0.05, 0.1) is 6.04 Å². The van der Waals surface area contributed by atoms with E-state index in [0.717, 1.165) is 23.2 Å². The van der Waals surface area contributed by atoms with Crippen LogP contribution in [0.2, 0.25) is 0 Å². The number of hydrogen-bond donors (Lipinski definition) is 3. The van der Waals surface area contributed by atoms with Crippen LogP contribution in [-0.2, 0) is 11.2 Å². The molecule has 0 radical (unpaired) electrons. The third-order valence-corrected chi connectivity index (χ3v) is 4.31. The first-order chi connectivity index (χ1) is 10.9. The van der Waals surface area contributed by atoms with Crippen LogP contribution in [0.25, 0.3) is 0 Å². The number of rotatable bonds is 5. The lowest BCUT2D eigenvalue weighted by molar-refractivity contribution is -0.116. The van der Waals surface area contributed by atoms with Gasteiger partial charge >= 0.3 is 6.03 Å². The lowest BCUT2D eigenvalue weighted by Gasteiger charge is -2.22. The van der Waals surface area contributed by atoms with Crippen LogP contribution in [-0.4, -0.2) is 43.5 Å². The van der Waals surface area contributed by atoms with E-state index in [9.17, 15) is 9.59 Å². The summed E-state index contributed by atoms with van der Waals surface area (Å²) in [6.07, 6.45) is 1.26. The van der Waals surface area contributed by atoms with E-state index in [-0.39, 0.29) is 24.0 Å². The topological polar surface area (TPSA) is 73.5 Å². The number of fused-ring (bicyclic) bond motifs is 1. The van der Waals surface area contributed by atoms with Gasteiger partial charge in [0.25, 0.3) is 0 Å². The fourth-order valence-corrected chi connectivity index (χ4v) is 2.43. The van der Waals surface area contributed by atoms with E-state index in [2.05, 4.69) is 33.8 Å². The zero-order valence-corrected chi connectivity index (χ0v) is 14.3. The fraction of sp³-hybridized carbons (Fsp3) is 0.529. The molecule has 23 heavy (non-hydrogen) atoms. The van der Waals surface area contributed by atoms with Crippen molar-refractivity contribution in [2.24, 2.45) is 0 Å². The highest BCUT2D eigenvalue weighted by molar-refractivity contribution is 5.93. The maximum atomic E-state index is 12.0. The van der Waals surface area contributed by atoms with E-state index in [1.54, 1.807) is 0 Å². The number of carbonyl (C=O) groups excluding carboxylic acids is 2. The van der Waals surface area contributed by atoms with Crippen molar-refractivity contribution in [2.45, 2.75) is 38.8 Å². The van der Waals surface area contributed by atoms with Crippen LogP contribution in [0.3, 0.4) is 0 Å². The number of nitrogens with one attached hydrogen (secondary N) is 3. The number of carbonyl (C=O) groups is 2. The molecule has 1 aromatic carbocycles. The molecule has 0 bridgehead atoms. The summed E-state index contributed by atoms with van der Waals surface area (Å²) < 4.78 is 0. The zero-order chi connectivity index (χ0) is 17.0. The summed E-state index contributed by atoms with van der Waals surface area (Å²) in [6, 6.07) is 5.93. The van der Waals surface area contributed by atoms with Crippen molar-refractivity contribution in [1.82, 2.24) is 15.5 Å². The van der Waals surface area contributed by atoms with Gasteiger partial charge in [-0.05, 0) is 51.6 Å². The lowest BCUT2D eigenvalue weighted by Crippen LogP contribution is -2.43. The Morgan fingerprint density at radius 3 is 2.74 bits per heavy atom. The molecule has 3 N–H and O–H groups in total. The first-order valence-corrected chi connectivity index (χ1v) is 8.00. The number of amides is 3. The van der Waals surface area contributed by atoms with Gasteiger partial charge in [-0.15, -0.1) is 0 Å². The summed E-state index contributed by atoms with van der Waals surface area (Å²) in [7, 11) is 3.97. The maximum absolute atomic E-state index is 12.0. The highest BCUT2D eigenvalue weighted by Crippen LogP contribution is 2.26. The van der Waals surface area contributed by atoms with E-state index < -0.39 is 0 Å². The maximum Gasteiger partial charge on any atom is 0.315 e. The van der Waals surface area contributed by atoms with Crippen LogP contribution in [0.4, 0.5) is 10.5 Å². The van der Waals surface area contributed by atoms with Gasteiger partial charge in [0.15, 0.2) is 0 Å². The molecule has 0 saturated carbocycles. The van der Waals surface area contributed by atoms with Gasteiger partial charge in [-0.3, -0.25) is 4.79 Å². The molecule has 1 aliphatic rings. The molecule has 6 nitrogen and oxygen atoms in total. The molecule has 3 amide bonds. The van der Waals surface area contributed by atoms with Crippen molar-refractivity contribution in [2.75, 3.05) is 26.0 Å². The van der Waals surface area contributed by atoms with Crippen LogP contribution in [0.15, 0.2) is 18.2 Å². The summed E-state index contributed by atoms with van der Waals surface area (Å²) >= 11 is 0. The second-order valence-corrected chi connectivity index (χ2v) is 6.35. The number of aryl methyl sites for hydroxylation is 1. The van der Waals surface area contributed by atoms with Crippen molar-refractivity contribution >= 4 is 17.6 Å². The number of urea groups is 1. The molecule has 0 spiro atoms. The normalized spacial score (nSPS) is 16.3. The van der Waals surface area contributed by atoms with Gasteiger partial charge in [-0.1, -0.05) is 12.1 Å². The highest BCUT2D eigenvalue weighted by atomic mass is 16.2. The second-order valence-electron chi connectivity index (χ2n) is 6.35. The Balaban J connectivity index is 1.92. The first-order valence-electron chi connectivity index (χ1n) is 8.00. The van der Waals surface area contributed by atoms with Crippen LogP contribution in [0, 0.1) is 0 Å². The van der Waals surface area contributed by atoms with Crippen molar-refractivity contribution in [3.8, 4) is 0 Å². The van der Waals surface area contributed by atoms with Crippen LogP contribution >= 0.6 is 0 Å². The van der Waals surface area contributed by atoms with Crippen molar-refractivity contribution in [3.05, 3.63) is 29.3 Å². The van der Waals surface area contributed by atoms with Crippen molar-refractivity contribution < 1.29 is 9.59 Å². The van der Waals surface area contributed by atoms with Gasteiger partial charge in [-0.25, -0.2) is 4.79 Å². The quantitative estimate of drug-likeness (QED) is 0.776. The second kappa shape index (κ2) is 7.46. The minimum absolute atomic E-state index is 0.0609. The van der Waals surface area contributed by atoms with E-state index in [4.69, 9.17) is 0 Å². The van der Waals surface area contributed by atoms with Gasteiger partial charge < -0.3 is 20.9 Å². The molecule has 1 aliphatic heterocycles. The van der Waals surface area contributed by atoms with Gasteiger partial charge in [-0.2, -0.15) is 0 Å². The molecule has 0 saturated heterocycles. The largest absolute Gasteiger partial charge is 0.337 e. The van der Waals surface area contributed by atoms with Crippen molar-refractivity contribution in [1.29, 1.82) is 0 Å². The van der Waals surface area contributed by atoms with Gasteiger partial charge in [0, 0.05) is 24.7 Å². The van der Waals surface area contributed by atoms with E-state index in [1.807, 2.05) is 33.2 Å². The number of nitrogens with zero attached hydrogens (tertiary/aromatic N) is 1. The third-order valence-electron chi connectivity index (χ3n) is 4.31. The fourth-order valence-electron chi connectivity index (χ4n) is 2.43. The summed E-state index contributed by atoms with van der Waals surface area (Å²) in [5.74, 6) is 0.0609. The Morgan fingerprint density at radius 1 is 1.30 bits per heavy atom. The lowest BCUT2D eigenvalue weighted by atomic mass is 9.98. The molecule has 2 atom stereocenters. The minimum Gasteiger partial charge on any atom is -0.337 e. The standard InChI is InChI=1S/C17H26N4O2/c1-11(21(3)4)10-18-17(23)19-12(2)13-5-7-15-14(9-13)6-8-16(22)20-15/h5,7,9,11-12H,6,8,10H2,1-4H3,(H,20,22)(H2,18,19,23)/t11-,12-/m1/s1. The SMILES string of the molecule is C[C@H](CNC(=O)N[C@H](C)c1ccc2c(c1)CCC(=O)N2)N(C)C. The van der Waals surface area contributed by atoms with Crippen LogP contribution < -0.4 is 16.0 Å². The molecule has 0 aromatic heterocycles. The Hall–Kier alpha value is -2.08. The Kier molecular flexibility index (Phi) is 5.60.